The van der Waals surface area contributed by atoms with E-state index >= 15 is 0 Å². The van der Waals surface area contributed by atoms with E-state index in [2.05, 4.69) is 10.6 Å². The molecule has 1 heterocycles. The third-order valence-corrected chi connectivity index (χ3v) is 6.38. The molecule has 9 heteroatoms. The molecule has 0 bridgehead atoms. The van der Waals surface area contributed by atoms with Crippen molar-refractivity contribution in [1.29, 1.82) is 0 Å². The summed E-state index contributed by atoms with van der Waals surface area (Å²) >= 11 is 0. The minimum absolute atomic E-state index is 0. The second kappa shape index (κ2) is 11.6. The third-order valence-electron chi connectivity index (χ3n) is 4.50. The van der Waals surface area contributed by atoms with Gasteiger partial charge in [0, 0.05) is 39.8 Å². The first-order valence-electron chi connectivity index (χ1n) is 8.99. The Morgan fingerprint density at radius 3 is 2.59 bits per heavy atom. The SMILES string of the molecule is COCCNCCNC(=O)C1CCCN(S(=O)(=O)c2ccc(C)cc2)C1.Cl. The Labute approximate surface area is 168 Å². The summed E-state index contributed by atoms with van der Waals surface area (Å²) in [6.45, 7) is 5.15. The van der Waals surface area contributed by atoms with Gasteiger partial charge in [-0.25, -0.2) is 8.42 Å². The van der Waals surface area contributed by atoms with Crippen LogP contribution in [0.1, 0.15) is 18.4 Å². The van der Waals surface area contributed by atoms with E-state index in [9.17, 15) is 13.2 Å². The average Bonchev–Trinajstić information content (AvgIpc) is 2.65. The van der Waals surface area contributed by atoms with Crippen molar-refractivity contribution in [2.75, 3.05) is 46.4 Å². The van der Waals surface area contributed by atoms with E-state index in [1.807, 2.05) is 6.92 Å². The van der Waals surface area contributed by atoms with Crippen molar-refractivity contribution in [2.24, 2.45) is 5.92 Å². The Balaban J connectivity index is 0.00000364. The van der Waals surface area contributed by atoms with Crippen molar-refractivity contribution in [1.82, 2.24) is 14.9 Å². The molecular weight excluding hydrogens is 390 g/mol. The first-order chi connectivity index (χ1) is 12.4. The molecule has 1 saturated heterocycles. The Hall–Kier alpha value is -1.19. The summed E-state index contributed by atoms with van der Waals surface area (Å²) in [4.78, 5) is 12.6. The van der Waals surface area contributed by atoms with Crippen LogP contribution < -0.4 is 10.6 Å². The van der Waals surface area contributed by atoms with E-state index in [1.165, 1.54) is 4.31 Å². The van der Waals surface area contributed by atoms with Crippen LogP contribution >= 0.6 is 12.4 Å². The summed E-state index contributed by atoms with van der Waals surface area (Å²) in [5.74, 6) is -0.384. The standard InChI is InChI=1S/C18H29N3O4S.ClH/c1-15-5-7-17(8-6-15)26(23,24)21-12-3-4-16(14-21)18(22)20-10-9-19-11-13-25-2;/h5-8,16,19H,3-4,9-14H2,1-2H3,(H,20,22);1H. The first kappa shape index (κ1) is 23.8. The molecule has 1 aliphatic heterocycles. The number of nitrogens with one attached hydrogen (secondary N) is 2. The quantitative estimate of drug-likeness (QED) is 0.586. The van der Waals surface area contributed by atoms with E-state index in [1.54, 1.807) is 31.4 Å². The van der Waals surface area contributed by atoms with E-state index in [-0.39, 0.29) is 35.7 Å². The molecule has 2 rings (SSSR count). The molecule has 7 nitrogen and oxygen atoms in total. The van der Waals surface area contributed by atoms with Crippen LogP contribution in [0.5, 0.6) is 0 Å². The van der Waals surface area contributed by atoms with Gasteiger partial charge >= 0.3 is 0 Å². The van der Waals surface area contributed by atoms with Crippen molar-refractivity contribution in [3.8, 4) is 0 Å². The highest BCUT2D eigenvalue weighted by Gasteiger charge is 2.33. The number of rotatable bonds is 9. The lowest BCUT2D eigenvalue weighted by molar-refractivity contribution is -0.126. The van der Waals surface area contributed by atoms with Crippen LogP contribution in [0.3, 0.4) is 0 Å². The highest BCUT2D eigenvalue weighted by atomic mass is 35.5. The van der Waals surface area contributed by atoms with Gasteiger partial charge in [0.05, 0.1) is 17.4 Å². The number of nitrogens with zero attached hydrogens (tertiary/aromatic N) is 1. The zero-order chi connectivity index (χ0) is 19.0. The number of piperidine rings is 1. The van der Waals surface area contributed by atoms with Crippen LogP contribution in [-0.4, -0.2) is 65.1 Å². The molecule has 0 aliphatic carbocycles. The summed E-state index contributed by atoms with van der Waals surface area (Å²) < 4.78 is 32.0. The Kier molecular flexibility index (Phi) is 10.3. The third kappa shape index (κ3) is 7.04. The topological polar surface area (TPSA) is 87.7 Å². The Morgan fingerprint density at radius 2 is 1.93 bits per heavy atom. The van der Waals surface area contributed by atoms with Gasteiger partial charge in [0.1, 0.15) is 0 Å². The van der Waals surface area contributed by atoms with E-state index in [4.69, 9.17) is 4.74 Å². The summed E-state index contributed by atoms with van der Waals surface area (Å²) in [6, 6.07) is 6.83. The van der Waals surface area contributed by atoms with Crippen molar-refractivity contribution in [3.63, 3.8) is 0 Å². The van der Waals surface area contributed by atoms with Gasteiger partial charge in [-0.05, 0) is 31.9 Å². The van der Waals surface area contributed by atoms with Crippen LogP contribution in [0, 0.1) is 12.8 Å². The molecule has 1 aromatic rings. The maximum atomic E-state index is 12.8. The molecule has 27 heavy (non-hydrogen) atoms. The fraction of sp³-hybridized carbons (Fsp3) is 0.611. The lowest BCUT2D eigenvalue weighted by Gasteiger charge is -2.31. The number of methoxy groups -OCH3 is 1. The Morgan fingerprint density at radius 1 is 1.22 bits per heavy atom. The molecular formula is C18H30ClN3O4S. The molecule has 0 spiro atoms. The molecule has 1 aliphatic rings. The lowest BCUT2D eigenvalue weighted by atomic mass is 9.99. The van der Waals surface area contributed by atoms with E-state index in [0.717, 1.165) is 12.1 Å². The zero-order valence-corrected chi connectivity index (χ0v) is 17.6. The number of benzene rings is 1. The fourth-order valence-electron chi connectivity index (χ4n) is 2.95. The predicted octanol–water partition coefficient (Wildman–Crippen LogP) is 1.17. The first-order valence-corrected chi connectivity index (χ1v) is 10.4. The molecule has 154 valence electrons. The van der Waals surface area contributed by atoms with Crippen molar-refractivity contribution in [3.05, 3.63) is 29.8 Å². The second-order valence-corrected chi connectivity index (χ2v) is 8.49. The number of sulfonamides is 1. The number of hydrogen-bond acceptors (Lipinski definition) is 5. The van der Waals surface area contributed by atoms with Gasteiger partial charge in [-0.3, -0.25) is 4.79 Å². The summed E-state index contributed by atoms with van der Waals surface area (Å²) in [7, 11) is -1.91. The van der Waals surface area contributed by atoms with Gasteiger partial charge in [-0.1, -0.05) is 17.7 Å². The minimum atomic E-state index is -3.55. The number of halogens is 1. The van der Waals surface area contributed by atoms with Gasteiger partial charge in [0.15, 0.2) is 0 Å². The van der Waals surface area contributed by atoms with Crippen molar-refractivity contribution < 1.29 is 17.9 Å². The Bertz CT molecular complexity index is 682. The molecule has 0 aromatic heterocycles. The van der Waals surface area contributed by atoms with Crippen LogP contribution in [-0.2, 0) is 19.6 Å². The van der Waals surface area contributed by atoms with Gasteiger partial charge in [-0.2, -0.15) is 4.31 Å². The number of carbonyl (C=O) groups is 1. The molecule has 1 amide bonds. The van der Waals surface area contributed by atoms with Crippen LogP contribution in [0.4, 0.5) is 0 Å². The number of carbonyl (C=O) groups excluding carboxylic acids is 1. The number of aryl methyl sites for hydroxylation is 1. The molecule has 1 fully saturated rings. The normalized spacial score (nSPS) is 17.9. The van der Waals surface area contributed by atoms with Gasteiger partial charge in [-0.15, -0.1) is 12.4 Å². The molecule has 0 saturated carbocycles. The summed E-state index contributed by atoms with van der Waals surface area (Å²) in [5, 5.41) is 6.04. The predicted molar refractivity (Wildman–Crippen MR) is 108 cm³/mol. The number of amides is 1. The average molecular weight is 420 g/mol. The maximum Gasteiger partial charge on any atom is 0.243 e. The van der Waals surface area contributed by atoms with Crippen molar-refractivity contribution >= 4 is 28.3 Å². The largest absolute Gasteiger partial charge is 0.383 e. The maximum absolute atomic E-state index is 12.8. The highest BCUT2D eigenvalue weighted by molar-refractivity contribution is 7.89. The molecule has 2 N–H and O–H groups in total. The monoisotopic (exact) mass is 419 g/mol. The number of ether oxygens (including phenoxy) is 1. The minimum Gasteiger partial charge on any atom is -0.383 e. The van der Waals surface area contributed by atoms with E-state index < -0.39 is 10.0 Å². The van der Waals surface area contributed by atoms with Crippen molar-refractivity contribution in [2.45, 2.75) is 24.7 Å². The molecule has 1 atom stereocenters. The smallest absolute Gasteiger partial charge is 0.243 e. The lowest BCUT2D eigenvalue weighted by Crippen LogP contribution is -2.46. The summed E-state index contributed by atoms with van der Waals surface area (Å²) in [6.07, 6.45) is 1.40. The van der Waals surface area contributed by atoms with Crippen LogP contribution in [0.2, 0.25) is 0 Å². The molecule has 1 unspecified atom stereocenters. The molecule has 0 radical (unpaired) electrons. The zero-order valence-electron chi connectivity index (χ0n) is 15.9. The van der Waals surface area contributed by atoms with Gasteiger partial charge in [0.2, 0.25) is 15.9 Å². The van der Waals surface area contributed by atoms with Gasteiger partial charge < -0.3 is 15.4 Å². The van der Waals surface area contributed by atoms with Gasteiger partial charge in [0.25, 0.3) is 0 Å². The number of hydrogen-bond donors (Lipinski definition) is 2. The second-order valence-electron chi connectivity index (χ2n) is 6.55. The fourth-order valence-corrected chi connectivity index (χ4v) is 4.48. The molecule has 1 aromatic carbocycles. The van der Waals surface area contributed by atoms with Crippen LogP contribution in [0.15, 0.2) is 29.2 Å². The van der Waals surface area contributed by atoms with E-state index in [0.29, 0.717) is 39.1 Å². The summed E-state index contributed by atoms with van der Waals surface area (Å²) in [5.41, 5.74) is 1.01. The highest BCUT2D eigenvalue weighted by Crippen LogP contribution is 2.24. The van der Waals surface area contributed by atoms with Crippen LogP contribution in [0.25, 0.3) is 0 Å².